The summed E-state index contributed by atoms with van der Waals surface area (Å²) in [4.78, 5) is 10.4. The van der Waals surface area contributed by atoms with Gasteiger partial charge in [-0.25, -0.2) is 10.2 Å². The molecule has 0 fully saturated rings. The summed E-state index contributed by atoms with van der Waals surface area (Å²) in [5, 5.41) is 3.88. The van der Waals surface area contributed by atoms with Crippen LogP contribution in [0.15, 0.2) is 5.10 Å². The topological polar surface area (TPSA) is 67.5 Å². The van der Waals surface area contributed by atoms with E-state index in [0.717, 1.165) is 12.1 Å². The molecule has 4 nitrogen and oxygen atoms in total. The van der Waals surface area contributed by atoms with E-state index in [2.05, 4.69) is 31.3 Å². The molecule has 0 aromatic heterocycles. The molecule has 0 aromatic rings. The molecule has 0 aliphatic carbocycles. The van der Waals surface area contributed by atoms with Crippen LogP contribution in [-0.4, -0.2) is 11.7 Å². The maximum absolute atomic E-state index is 10.4. The Hall–Kier alpha value is -1.06. The van der Waals surface area contributed by atoms with E-state index in [9.17, 15) is 4.79 Å². The van der Waals surface area contributed by atoms with Gasteiger partial charge in [-0.15, -0.1) is 0 Å². The number of rotatable bonds is 4. The predicted octanol–water partition coefficient (Wildman–Crippen LogP) is 1.71. The van der Waals surface area contributed by atoms with E-state index in [1.807, 2.05) is 6.92 Å². The lowest BCUT2D eigenvalue weighted by Gasteiger charge is -2.17. The first-order chi connectivity index (χ1) is 5.99. The third-order valence-electron chi connectivity index (χ3n) is 2.50. The van der Waals surface area contributed by atoms with Crippen LogP contribution in [-0.2, 0) is 0 Å². The van der Waals surface area contributed by atoms with Crippen LogP contribution < -0.4 is 11.2 Å². The fraction of sp³-hybridized carbons (Fsp3) is 0.778. The van der Waals surface area contributed by atoms with Crippen LogP contribution in [0.4, 0.5) is 4.79 Å². The van der Waals surface area contributed by atoms with Crippen molar-refractivity contribution in [3.05, 3.63) is 0 Å². The van der Waals surface area contributed by atoms with E-state index in [-0.39, 0.29) is 0 Å². The summed E-state index contributed by atoms with van der Waals surface area (Å²) in [6.45, 7) is 8.28. The second-order valence-corrected chi connectivity index (χ2v) is 3.40. The second-order valence-electron chi connectivity index (χ2n) is 3.40. The molecular formula is C9H19N3O. The van der Waals surface area contributed by atoms with Crippen molar-refractivity contribution < 1.29 is 4.79 Å². The average molecular weight is 185 g/mol. The predicted molar refractivity (Wildman–Crippen MR) is 54.4 cm³/mol. The highest BCUT2D eigenvalue weighted by Gasteiger charge is 2.13. The number of hydrogen-bond acceptors (Lipinski definition) is 2. The Kier molecular flexibility index (Phi) is 5.11. The number of amides is 2. The SMILES string of the molecule is CC[C@@H](C)[C@@H](C)/C(C)=N\NC(N)=O. The first-order valence-electron chi connectivity index (χ1n) is 4.58. The van der Waals surface area contributed by atoms with Crippen LogP contribution in [0.1, 0.15) is 34.1 Å². The zero-order chi connectivity index (χ0) is 10.4. The van der Waals surface area contributed by atoms with E-state index in [1.165, 1.54) is 0 Å². The number of carbonyl (C=O) groups is 1. The summed E-state index contributed by atoms with van der Waals surface area (Å²) in [5.74, 6) is 0.940. The molecule has 4 heteroatoms. The number of carbonyl (C=O) groups excluding carboxylic acids is 1. The number of nitrogens with two attached hydrogens (primary N) is 1. The highest BCUT2D eigenvalue weighted by molar-refractivity contribution is 5.85. The molecule has 0 bridgehead atoms. The van der Waals surface area contributed by atoms with Gasteiger partial charge < -0.3 is 5.73 Å². The van der Waals surface area contributed by atoms with Crippen molar-refractivity contribution in [3.63, 3.8) is 0 Å². The molecule has 0 rings (SSSR count). The molecule has 2 amide bonds. The van der Waals surface area contributed by atoms with E-state index >= 15 is 0 Å². The van der Waals surface area contributed by atoms with Gasteiger partial charge in [-0.3, -0.25) is 0 Å². The molecule has 0 saturated heterocycles. The zero-order valence-corrected chi connectivity index (χ0v) is 8.79. The Morgan fingerprint density at radius 2 is 2.08 bits per heavy atom. The van der Waals surface area contributed by atoms with Crippen molar-refractivity contribution in [3.8, 4) is 0 Å². The molecule has 0 aliphatic heterocycles. The Balaban J connectivity index is 4.15. The van der Waals surface area contributed by atoms with Crippen LogP contribution in [0, 0.1) is 11.8 Å². The van der Waals surface area contributed by atoms with Crippen molar-refractivity contribution in [1.29, 1.82) is 0 Å². The third-order valence-corrected chi connectivity index (χ3v) is 2.50. The number of nitrogens with one attached hydrogen (secondary N) is 1. The van der Waals surface area contributed by atoms with Crippen LogP contribution in [0.25, 0.3) is 0 Å². The smallest absolute Gasteiger partial charge is 0.332 e. The first kappa shape index (κ1) is 11.9. The molecule has 76 valence electrons. The van der Waals surface area contributed by atoms with Gasteiger partial charge in [0, 0.05) is 5.71 Å². The molecule has 0 saturated carbocycles. The molecule has 3 N–H and O–H groups in total. The summed E-state index contributed by atoms with van der Waals surface area (Å²) < 4.78 is 0. The van der Waals surface area contributed by atoms with E-state index in [1.54, 1.807) is 0 Å². The molecule has 0 unspecified atom stereocenters. The van der Waals surface area contributed by atoms with Gasteiger partial charge in [0.25, 0.3) is 0 Å². The van der Waals surface area contributed by atoms with Crippen LogP contribution in [0.2, 0.25) is 0 Å². The number of hydrogen-bond donors (Lipinski definition) is 2. The summed E-state index contributed by atoms with van der Waals surface area (Å²) in [5.41, 5.74) is 8.03. The van der Waals surface area contributed by atoms with Gasteiger partial charge >= 0.3 is 6.03 Å². The summed E-state index contributed by atoms with van der Waals surface area (Å²) in [7, 11) is 0. The normalized spacial score (nSPS) is 16.5. The molecule has 2 atom stereocenters. The largest absolute Gasteiger partial charge is 0.350 e. The fourth-order valence-electron chi connectivity index (χ4n) is 1.01. The average Bonchev–Trinajstić information content (AvgIpc) is 2.11. The molecule has 0 aromatic carbocycles. The zero-order valence-electron chi connectivity index (χ0n) is 8.79. The standard InChI is InChI=1S/C9H19N3O/c1-5-6(2)7(3)8(4)11-12-9(10)13/h6-7H,5H2,1-4H3,(H3,10,12,13)/b11-8-/t6-,7-/m1/s1. The quantitative estimate of drug-likeness (QED) is 0.508. The highest BCUT2D eigenvalue weighted by Crippen LogP contribution is 2.15. The van der Waals surface area contributed by atoms with Crippen molar-refractivity contribution in [2.45, 2.75) is 34.1 Å². The first-order valence-corrected chi connectivity index (χ1v) is 4.58. The van der Waals surface area contributed by atoms with Gasteiger partial charge in [0.05, 0.1) is 0 Å². The van der Waals surface area contributed by atoms with Gasteiger partial charge in [0.15, 0.2) is 0 Å². The molecule has 13 heavy (non-hydrogen) atoms. The number of urea groups is 1. The lowest BCUT2D eigenvalue weighted by Crippen LogP contribution is -2.27. The lowest BCUT2D eigenvalue weighted by atomic mass is 9.90. The van der Waals surface area contributed by atoms with E-state index in [4.69, 9.17) is 5.73 Å². The maximum atomic E-state index is 10.4. The number of nitrogens with zero attached hydrogens (tertiary/aromatic N) is 1. The Bertz CT molecular complexity index is 201. The van der Waals surface area contributed by atoms with Gasteiger partial charge in [0.2, 0.25) is 0 Å². The summed E-state index contributed by atoms with van der Waals surface area (Å²) in [6.07, 6.45) is 1.10. The number of primary amides is 1. The van der Waals surface area contributed by atoms with Crippen LogP contribution in [0.5, 0.6) is 0 Å². The molecular weight excluding hydrogens is 166 g/mol. The van der Waals surface area contributed by atoms with E-state index in [0.29, 0.717) is 11.8 Å². The Labute approximate surface area is 79.6 Å². The van der Waals surface area contributed by atoms with Gasteiger partial charge in [-0.2, -0.15) is 5.10 Å². The van der Waals surface area contributed by atoms with E-state index < -0.39 is 6.03 Å². The van der Waals surface area contributed by atoms with Crippen molar-refractivity contribution in [2.24, 2.45) is 22.7 Å². The fourth-order valence-corrected chi connectivity index (χ4v) is 1.01. The van der Waals surface area contributed by atoms with Crippen molar-refractivity contribution in [1.82, 2.24) is 5.43 Å². The van der Waals surface area contributed by atoms with Crippen molar-refractivity contribution >= 4 is 11.7 Å². The minimum atomic E-state index is -0.615. The monoisotopic (exact) mass is 185 g/mol. The summed E-state index contributed by atoms with van der Waals surface area (Å²) >= 11 is 0. The number of hydrazone groups is 1. The minimum absolute atomic E-state index is 0.372. The molecule has 0 aliphatic rings. The molecule has 0 radical (unpaired) electrons. The van der Waals surface area contributed by atoms with Gasteiger partial charge in [-0.05, 0) is 18.8 Å². The Morgan fingerprint density at radius 3 is 2.46 bits per heavy atom. The Morgan fingerprint density at radius 1 is 1.54 bits per heavy atom. The van der Waals surface area contributed by atoms with Gasteiger partial charge in [-0.1, -0.05) is 27.2 Å². The lowest BCUT2D eigenvalue weighted by molar-refractivity contribution is 0.249. The molecule has 0 spiro atoms. The highest BCUT2D eigenvalue weighted by atomic mass is 16.2. The third kappa shape index (κ3) is 4.50. The van der Waals surface area contributed by atoms with Crippen molar-refractivity contribution in [2.75, 3.05) is 0 Å². The minimum Gasteiger partial charge on any atom is -0.350 e. The second kappa shape index (κ2) is 5.56. The van der Waals surface area contributed by atoms with Gasteiger partial charge in [0.1, 0.15) is 0 Å². The van der Waals surface area contributed by atoms with Crippen LogP contribution >= 0.6 is 0 Å². The summed E-state index contributed by atoms with van der Waals surface area (Å²) in [6, 6.07) is -0.615. The van der Waals surface area contributed by atoms with Crippen LogP contribution in [0.3, 0.4) is 0 Å². The molecule has 0 heterocycles. The maximum Gasteiger partial charge on any atom is 0.332 e.